The molecular formula is C20H18FN5OS. The average molecular weight is 395 g/mol. The van der Waals surface area contributed by atoms with E-state index < -0.39 is 0 Å². The standard InChI is InChI=1S/C20H18FN5OS/c21-8-14(9-22)11-26-20(27)25(13-24-26)12-16-4-5-19(28-16)18-3-1-2-15-10-23-7-6-17(15)18/h1-8,10,13H,9,11-12,22H2/b14-8+. The molecule has 0 fully saturated rings. The van der Waals surface area contributed by atoms with E-state index in [9.17, 15) is 9.18 Å². The van der Waals surface area contributed by atoms with Crippen molar-refractivity contribution in [3.8, 4) is 10.4 Å². The first-order chi connectivity index (χ1) is 13.7. The molecule has 4 aromatic rings. The van der Waals surface area contributed by atoms with E-state index >= 15 is 0 Å². The number of nitrogens with zero attached hydrogens (tertiary/aromatic N) is 4. The zero-order chi connectivity index (χ0) is 19.5. The van der Waals surface area contributed by atoms with Gasteiger partial charge in [-0.3, -0.25) is 9.55 Å². The van der Waals surface area contributed by atoms with Gasteiger partial charge in [0.2, 0.25) is 0 Å². The number of pyridine rings is 1. The van der Waals surface area contributed by atoms with Crippen LogP contribution >= 0.6 is 11.3 Å². The third-order valence-corrected chi connectivity index (χ3v) is 5.60. The minimum atomic E-state index is -0.293. The molecule has 0 radical (unpaired) electrons. The maximum absolute atomic E-state index is 12.7. The number of hydrogen-bond acceptors (Lipinski definition) is 5. The van der Waals surface area contributed by atoms with Crippen molar-refractivity contribution in [2.45, 2.75) is 13.1 Å². The van der Waals surface area contributed by atoms with Gasteiger partial charge in [-0.25, -0.2) is 13.9 Å². The molecule has 3 heterocycles. The first-order valence-corrected chi connectivity index (χ1v) is 9.53. The van der Waals surface area contributed by atoms with Gasteiger partial charge >= 0.3 is 5.69 Å². The van der Waals surface area contributed by atoms with Crippen molar-refractivity contribution in [1.82, 2.24) is 19.3 Å². The van der Waals surface area contributed by atoms with Gasteiger partial charge in [-0.1, -0.05) is 18.2 Å². The number of benzene rings is 1. The van der Waals surface area contributed by atoms with Gasteiger partial charge < -0.3 is 5.73 Å². The van der Waals surface area contributed by atoms with Crippen LogP contribution in [0.2, 0.25) is 0 Å². The lowest BCUT2D eigenvalue weighted by Crippen LogP contribution is -2.26. The second kappa shape index (κ2) is 7.87. The van der Waals surface area contributed by atoms with Gasteiger partial charge in [0.15, 0.2) is 0 Å². The van der Waals surface area contributed by atoms with Gasteiger partial charge in [0, 0.05) is 34.1 Å². The van der Waals surface area contributed by atoms with Crippen LogP contribution < -0.4 is 11.4 Å². The first-order valence-electron chi connectivity index (χ1n) is 8.72. The Kier molecular flexibility index (Phi) is 5.14. The van der Waals surface area contributed by atoms with E-state index in [1.807, 2.05) is 30.5 Å². The summed E-state index contributed by atoms with van der Waals surface area (Å²) >= 11 is 1.63. The maximum Gasteiger partial charge on any atom is 0.346 e. The Balaban J connectivity index is 1.59. The van der Waals surface area contributed by atoms with E-state index in [-0.39, 0.29) is 18.8 Å². The fraction of sp³-hybridized carbons (Fsp3) is 0.150. The van der Waals surface area contributed by atoms with Crippen LogP contribution in [0.15, 0.2) is 71.8 Å². The fourth-order valence-corrected chi connectivity index (χ4v) is 4.08. The fourth-order valence-electron chi connectivity index (χ4n) is 3.04. The SMILES string of the molecule is NC/C(=C\F)Cn1ncn(Cc2ccc(-c3cccc4cnccc34)s2)c1=O. The second-order valence-electron chi connectivity index (χ2n) is 6.34. The summed E-state index contributed by atoms with van der Waals surface area (Å²) in [7, 11) is 0. The van der Waals surface area contributed by atoms with Crippen molar-refractivity contribution in [3.63, 3.8) is 0 Å². The second-order valence-corrected chi connectivity index (χ2v) is 7.51. The van der Waals surface area contributed by atoms with E-state index in [2.05, 4.69) is 22.2 Å². The quantitative estimate of drug-likeness (QED) is 0.544. The number of rotatable bonds is 6. The predicted molar refractivity (Wildman–Crippen MR) is 109 cm³/mol. The number of thiophene rings is 1. The summed E-state index contributed by atoms with van der Waals surface area (Å²) in [4.78, 5) is 18.8. The number of fused-ring (bicyclic) bond motifs is 1. The highest BCUT2D eigenvalue weighted by atomic mass is 32.1. The molecular weight excluding hydrogens is 377 g/mol. The van der Waals surface area contributed by atoms with E-state index in [4.69, 9.17) is 5.73 Å². The van der Waals surface area contributed by atoms with Gasteiger partial charge in [-0.05, 0) is 34.7 Å². The molecule has 0 aliphatic rings. The molecule has 0 saturated heterocycles. The third-order valence-electron chi connectivity index (χ3n) is 4.50. The highest BCUT2D eigenvalue weighted by molar-refractivity contribution is 7.15. The average Bonchev–Trinajstić information content (AvgIpc) is 3.33. The molecule has 0 atom stereocenters. The van der Waals surface area contributed by atoms with Crippen molar-refractivity contribution in [2.24, 2.45) is 5.73 Å². The third kappa shape index (κ3) is 3.51. The van der Waals surface area contributed by atoms with Crippen molar-refractivity contribution >= 4 is 22.1 Å². The molecule has 0 bridgehead atoms. The van der Waals surface area contributed by atoms with E-state index in [0.29, 0.717) is 18.4 Å². The molecule has 0 amide bonds. The Morgan fingerprint density at radius 3 is 2.96 bits per heavy atom. The van der Waals surface area contributed by atoms with E-state index in [0.717, 1.165) is 26.1 Å². The van der Waals surface area contributed by atoms with Crippen LogP contribution in [0.3, 0.4) is 0 Å². The highest BCUT2D eigenvalue weighted by Crippen LogP contribution is 2.33. The summed E-state index contributed by atoms with van der Waals surface area (Å²) in [6.45, 7) is 0.510. The van der Waals surface area contributed by atoms with Crippen LogP contribution in [0.5, 0.6) is 0 Å². The summed E-state index contributed by atoms with van der Waals surface area (Å²) in [5.74, 6) is 0. The van der Waals surface area contributed by atoms with Crippen LogP contribution in [0.1, 0.15) is 4.88 Å². The van der Waals surface area contributed by atoms with E-state index in [1.54, 1.807) is 17.5 Å². The summed E-state index contributed by atoms with van der Waals surface area (Å²) in [6, 6.07) is 12.2. The van der Waals surface area contributed by atoms with Gasteiger partial charge in [-0.15, -0.1) is 11.3 Å². The molecule has 8 heteroatoms. The molecule has 0 aliphatic heterocycles. The minimum absolute atomic E-state index is 0.0463. The Morgan fingerprint density at radius 2 is 2.14 bits per heavy atom. The predicted octanol–water partition coefficient (Wildman–Crippen LogP) is 3.18. The van der Waals surface area contributed by atoms with Crippen molar-refractivity contribution in [3.05, 3.63) is 82.4 Å². The molecule has 0 unspecified atom stereocenters. The van der Waals surface area contributed by atoms with Crippen molar-refractivity contribution in [2.75, 3.05) is 6.54 Å². The van der Waals surface area contributed by atoms with Crippen LogP contribution in [0.25, 0.3) is 21.2 Å². The Hall–Kier alpha value is -3.10. The van der Waals surface area contributed by atoms with Crippen LogP contribution in [-0.2, 0) is 13.1 Å². The summed E-state index contributed by atoms with van der Waals surface area (Å²) in [6.07, 6.45) is 5.53. The van der Waals surface area contributed by atoms with Crippen molar-refractivity contribution < 1.29 is 4.39 Å². The summed E-state index contributed by atoms with van der Waals surface area (Å²) in [5.41, 5.74) is 6.61. The molecule has 28 heavy (non-hydrogen) atoms. The smallest absolute Gasteiger partial charge is 0.327 e. The number of nitrogens with two attached hydrogens (primary N) is 1. The molecule has 3 aromatic heterocycles. The monoisotopic (exact) mass is 395 g/mol. The maximum atomic E-state index is 12.7. The number of halogens is 1. The zero-order valence-electron chi connectivity index (χ0n) is 15.0. The summed E-state index contributed by atoms with van der Waals surface area (Å²) in [5, 5.41) is 6.28. The Morgan fingerprint density at radius 1 is 1.25 bits per heavy atom. The lowest BCUT2D eigenvalue weighted by atomic mass is 10.1. The first kappa shape index (κ1) is 18.3. The van der Waals surface area contributed by atoms with E-state index in [1.165, 1.54) is 15.6 Å². The van der Waals surface area contributed by atoms with Gasteiger partial charge in [0.1, 0.15) is 6.33 Å². The number of aromatic nitrogens is 4. The molecule has 0 spiro atoms. The summed E-state index contributed by atoms with van der Waals surface area (Å²) < 4.78 is 15.4. The minimum Gasteiger partial charge on any atom is -0.327 e. The van der Waals surface area contributed by atoms with Crippen molar-refractivity contribution in [1.29, 1.82) is 0 Å². The zero-order valence-corrected chi connectivity index (χ0v) is 15.8. The lowest BCUT2D eigenvalue weighted by molar-refractivity contribution is 0.604. The molecule has 0 aliphatic carbocycles. The Labute approximate surface area is 164 Å². The molecule has 2 N–H and O–H groups in total. The van der Waals surface area contributed by atoms with Crippen LogP contribution in [-0.4, -0.2) is 25.9 Å². The molecule has 6 nitrogen and oxygen atoms in total. The van der Waals surface area contributed by atoms with Crippen LogP contribution in [0, 0.1) is 0 Å². The highest BCUT2D eigenvalue weighted by Gasteiger charge is 2.11. The van der Waals surface area contributed by atoms with Gasteiger partial charge in [0.05, 0.1) is 19.4 Å². The Bertz CT molecular complexity index is 1200. The van der Waals surface area contributed by atoms with Gasteiger partial charge in [0.25, 0.3) is 0 Å². The largest absolute Gasteiger partial charge is 0.346 e. The lowest BCUT2D eigenvalue weighted by Gasteiger charge is -2.03. The van der Waals surface area contributed by atoms with Crippen LogP contribution in [0.4, 0.5) is 4.39 Å². The topological polar surface area (TPSA) is 78.7 Å². The molecule has 1 aromatic carbocycles. The normalized spacial score (nSPS) is 12.0. The number of hydrogen-bond donors (Lipinski definition) is 1. The molecule has 142 valence electrons. The molecule has 0 saturated carbocycles. The molecule has 4 rings (SSSR count). The van der Waals surface area contributed by atoms with Gasteiger partial charge in [-0.2, -0.15) is 5.10 Å².